The van der Waals surface area contributed by atoms with E-state index in [4.69, 9.17) is 4.42 Å². The Morgan fingerprint density at radius 3 is 1.40 bits per heavy atom. The standard InChI is InChI=1S/C129H100B2N4O/c1-125(2,3)87-50-63-107-99(70-87)100-71-89(127(7,8)9)72-102-116-96-56-45-85-66-90(67-86-47-58-98(114(96)112(85)86)121-118(116)130(135(107)119(100)102)105-34-25-33-103-122(105)133(121)123-104(129(103,12)13)60-59-94-93-32-23-24-35-110(93)136-124(94)123)128(10,11)73-74-36-38-78(39-37-74)80-42-53-92(54-43-80)134-108-61-48-81(76-28-19-15-20-29-76)68-101(108)115-95-55-44-83-64-88(126(4,5)6)65-84-46-57-97(113(95)111(83)84)120-117(115)131(134)106-69-82(77-30-21-16-22-31-77)49-62-109(106)132(120)91-51-40-79(41-52-91)75-26-17-14-18-27-75/h14-72H,73H2,1-13H3. The number of hydrogen-bond donors (Lipinski definition) is 0. The summed E-state index contributed by atoms with van der Waals surface area (Å²) < 4.78 is 10.1. The Kier molecular flexibility index (Phi) is 16.2. The monoisotopic (exact) mass is 1740 g/mol. The Morgan fingerprint density at radius 2 is 0.787 bits per heavy atom. The highest BCUT2D eigenvalue weighted by Gasteiger charge is 2.52. The van der Waals surface area contributed by atoms with Crippen molar-refractivity contribution in [2.24, 2.45) is 0 Å². The van der Waals surface area contributed by atoms with Gasteiger partial charge in [0.05, 0.1) is 17.1 Å². The number of nitrogens with zero attached hydrogens (tertiary/aromatic N) is 4. The molecule has 0 unspecified atom stereocenters. The molecule has 0 atom stereocenters. The Balaban J connectivity index is 0.582. The fourth-order valence-corrected chi connectivity index (χ4v) is 25.3. The van der Waals surface area contributed by atoms with Gasteiger partial charge in [0.25, 0.3) is 0 Å². The number of fused-ring (bicyclic) bond motifs is 21. The summed E-state index contributed by atoms with van der Waals surface area (Å²) >= 11 is 0. The van der Waals surface area contributed by atoms with Gasteiger partial charge in [0.2, 0.25) is 0 Å². The number of furan rings is 1. The number of hydrogen-bond acceptors (Lipinski definition) is 4. The van der Waals surface area contributed by atoms with Gasteiger partial charge < -0.3 is 23.5 Å². The van der Waals surface area contributed by atoms with Crippen LogP contribution in [0.1, 0.15) is 129 Å². The molecule has 7 heteroatoms. The largest absolute Gasteiger partial charge is 0.454 e. The second-order valence-corrected chi connectivity index (χ2v) is 43.9. The van der Waals surface area contributed by atoms with Crippen LogP contribution in [-0.4, -0.2) is 18.2 Å². The average molecular weight is 1740 g/mol. The van der Waals surface area contributed by atoms with E-state index in [0.717, 1.165) is 45.4 Å². The SMILES string of the molecule is CC(C)(C)c1cc2ccc3c4c5c(c6ccc(c1)c2c36)N(c1ccc(-c2ccccc2)cc1)c1ccc(-c2ccccc2)cc1B5N(c1ccc(-c2ccc(CC(C)(C)c3cc5ccc6c7c8c(c9ccc(c3)c5c69)N3c5c(cccc5C(C)(C)c5ccc6c(oc9ccccc96)c53)B8n3c5ccc(C(C)(C)C)cc5c5cc(C(C)(C)C)cc-7c53)cc2)cc1)c1ccc(-c2ccccc2)cc1-4. The smallest absolute Gasteiger partial charge is 0.333 e. The summed E-state index contributed by atoms with van der Waals surface area (Å²) in [5.74, 6) is 0. The molecule has 0 bridgehead atoms. The summed E-state index contributed by atoms with van der Waals surface area (Å²) in [6, 6.07) is 139. The molecule has 5 nitrogen and oxygen atoms in total. The lowest BCUT2D eigenvalue weighted by Crippen LogP contribution is -2.61. The molecule has 648 valence electrons. The molecule has 5 aliphatic rings. The van der Waals surface area contributed by atoms with Gasteiger partial charge in [-0.3, -0.25) is 0 Å². The summed E-state index contributed by atoms with van der Waals surface area (Å²) in [6.07, 6.45) is 0.851. The average Bonchev–Trinajstić information content (AvgIpc) is 1.12. The van der Waals surface area contributed by atoms with Crippen LogP contribution in [0.4, 0.5) is 45.5 Å². The third kappa shape index (κ3) is 11.1. The van der Waals surface area contributed by atoms with Crippen LogP contribution in [0.3, 0.4) is 0 Å². The molecule has 7 heterocycles. The van der Waals surface area contributed by atoms with Crippen LogP contribution in [-0.2, 0) is 33.5 Å². The van der Waals surface area contributed by atoms with Crippen LogP contribution in [0.2, 0.25) is 0 Å². The highest BCUT2D eigenvalue weighted by Crippen LogP contribution is 2.62. The van der Waals surface area contributed by atoms with E-state index < -0.39 is 0 Å². The van der Waals surface area contributed by atoms with Crippen molar-refractivity contribution < 1.29 is 4.42 Å². The van der Waals surface area contributed by atoms with Crippen molar-refractivity contribution in [3.63, 3.8) is 0 Å². The molecule has 0 saturated carbocycles. The van der Waals surface area contributed by atoms with E-state index in [1.54, 1.807) is 0 Å². The van der Waals surface area contributed by atoms with Gasteiger partial charge in [0.15, 0.2) is 5.58 Å². The molecular weight excluding hydrogens is 1640 g/mol. The van der Waals surface area contributed by atoms with Crippen molar-refractivity contribution in [2.45, 2.75) is 124 Å². The van der Waals surface area contributed by atoms with Gasteiger partial charge in [-0.05, 0) is 260 Å². The highest BCUT2D eigenvalue weighted by atomic mass is 16.3. The molecule has 0 fully saturated rings. The van der Waals surface area contributed by atoms with Crippen LogP contribution < -0.4 is 36.5 Å². The molecule has 0 spiro atoms. The number of benzene rings is 21. The van der Waals surface area contributed by atoms with Gasteiger partial charge in [-0.1, -0.05) is 375 Å². The Morgan fingerprint density at radius 1 is 0.301 bits per heavy atom. The van der Waals surface area contributed by atoms with Gasteiger partial charge in [-0.15, -0.1) is 0 Å². The molecule has 0 radical (unpaired) electrons. The second-order valence-electron chi connectivity index (χ2n) is 43.9. The quantitative estimate of drug-likeness (QED) is 0.106. The summed E-state index contributed by atoms with van der Waals surface area (Å²) in [5, 5.41) is 20.3. The van der Waals surface area contributed by atoms with Crippen molar-refractivity contribution in [3.8, 4) is 66.8 Å². The maximum atomic E-state index is 7.33. The van der Waals surface area contributed by atoms with Crippen LogP contribution in [0.5, 0.6) is 0 Å². The molecule has 28 rings (SSSR count). The summed E-state index contributed by atoms with van der Waals surface area (Å²) in [4.78, 5) is 8.04. The van der Waals surface area contributed by atoms with E-state index in [1.807, 2.05) is 0 Å². The maximum absolute atomic E-state index is 7.33. The number of aromatic nitrogens is 1. The van der Waals surface area contributed by atoms with E-state index in [1.165, 1.54) is 242 Å². The van der Waals surface area contributed by atoms with Crippen molar-refractivity contribution in [1.82, 2.24) is 4.48 Å². The molecule has 0 aliphatic carbocycles. The molecular formula is C129H100B2N4O. The van der Waals surface area contributed by atoms with Crippen LogP contribution >= 0.6 is 0 Å². The summed E-state index contributed by atoms with van der Waals surface area (Å²) in [6.45, 7) is 30.7. The molecule has 5 aliphatic heterocycles. The third-order valence-electron chi connectivity index (χ3n) is 32.1. The number of rotatable bonds is 9. The van der Waals surface area contributed by atoms with E-state index >= 15 is 0 Å². The fraction of sp³-hybridized carbons (Fsp3) is 0.147. The molecule has 21 aromatic carbocycles. The van der Waals surface area contributed by atoms with Crippen LogP contribution in [0.15, 0.2) is 362 Å². The van der Waals surface area contributed by atoms with E-state index in [-0.39, 0.29) is 40.8 Å². The summed E-state index contributed by atoms with van der Waals surface area (Å²) in [5.41, 5.74) is 42.2. The van der Waals surface area contributed by atoms with Crippen LogP contribution in [0, 0.1) is 0 Å². The highest BCUT2D eigenvalue weighted by molar-refractivity contribution is 6.94. The van der Waals surface area contributed by atoms with E-state index in [9.17, 15) is 0 Å². The lowest BCUT2D eigenvalue weighted by molar-refractivity contribution is 0.523. The zero-order valence-corrected chi connectivity index (χ0v) is 79.1. The van der Waals surface area contributed by atoms with E-state index in [2.05, 4.69) is 467 Å². The number of para-hydroxylation sites is 2. The van der Waals surface area contributed by atoms with Crippen LogP contribution in [0.25, 0.3) is 175 Å². The zero-order chi connectivity index (χ0) is 91.5. The minimum atomic E-state index is -0.374. The molecule has 0 N–H and O–H groups in total. The number of anilines is 8. The first kappa shape index (κ1) is 79.4. The van der Waals surface area contributed by atoms with Gasteiger partial charge >= 0.3 is 13.7 Å². The first-order chi connectivity index (χ1) is 65.8. The third-order valence-corrected chi connectivity index (χ3v) is 32.1. The predicted octanol–water partition coefficient (Wildman–Crippen LogP) is 32.3. The first-order valence-electron chi connectivity index (χ1n) is 48.8. The van der Waals surface area contributed by atoms with Gasteiger partial charge in [-0.25, -0.2) is 0 Å². The lowest BCUT2D eigenvalue weighted by Gasteiger charge is -2.48. The normalized spacial score (nSPS) is 14.2. The fourth-order valence-electron chi connectivity index (χ4n) is 25.3. The van der Waals surface area contributed by atoms with Crippen molar-refractivity contribution >= 4 is 189 Å². The Hall–Kier alpha value is -15.2. The summed E-state index contributed by atoms with van der Waals surface area (Å²) in [7, 11) is 0. The topological polar surface area (TPSA) is 27.8 Å². The van der Waals surface area contributed by atoms with Crippen molar-refractivity contribution in [2.75, 3.05) is 14.6 Å². The minimum absolute atomic E-state index is 0.0388. The lowest BCUT2D eigenvalue weighted by atomic mass is 9.42. The first-order valence-corrected chi connectivity index (χ1v) is 48.8. The van der Waals surface area contributed by atoms with Gasteiger partial charge in [0, 0.05) is 99.1 Å². The molecule has 23 aromatic rings. The second kappa shape index (κ2) is 27.8. The zero-order valence-electron chi connectivity index (χ0n) is 79.1. The van der Waals surface area contributed by atoms with Gasteiger partial charge in [-0.2, -0.15) is 0 Å². The van der Waals surface area contributed by atoms with Crippen molar-refractivity contribution in [3.05, 3.63) is 397 Å². The van der Waals surface area contributed by atoms with Gasteiger partial charge in [0.1, 0.15) is 5.58 Å². The van der Waals surface area contributed by atoms with Crippen molar-refractivity contribution in [1.29, 1.82) is 0 Å². The Bertz CT molecular complexity index is 9080. The maximum Gasteiger partial charge on any atom is 0.333 e. The molecule has 0 amide bonds. The predicted molar refractivity (Wildman–Crippen MR) is 582 cm³/mol. The Labute approximate surface area is 794 Å². The van der Waals surface area contributed by atoms with E-state index in [0.29, 0.717) is 0 Å². The minimum Gasteiger partial charge on any atom is -0.454 e. The molecule has 0 saturated heterocycles. The molecule has 2 aromatic heterocycles. The molecule has 136 heavy (non-hydrogen) atoms.